The predicted molar refractivity (Wildman–Crippen MR) is 85.2 cm³/mol. The number of fused-ring (bicyclic) bond motifs is 1. The molecule has 3 heterocycles. The Labute approximate surface area is 135 Å². The van der Waals surface area contributed by atoms with E-state index < -0.39 is 16.1 Å². The zero-order valence-electron chi connectivity index (χ0n) is 13.2. The molecule has 0 unspecified atom stereocenters. The lowest BCUT2D eigenvalue weighted by Gasteiger charge is -2.18. The number of likely N-dealkylation sites (tertiary alicyclic amines) is 1. The standard InChI is InChI=1S/C14H21N5O3S/c1-17(2)23(21,22)9-11-6-18(8-13(11)20)7-12-4-3-5-14-15-10-16-19(12)14/h3-5,10-11,13,20H,6-9H2,1-2H3/t11-,13-/m0/s1. The summed E-state index contributed by atoms with van der Waals surface area (Å²) in [6, 6.07) is 5.75. The van der Waals surface area contributed by atoms with Crippen molar-refractivity contribution in [1.29, 1.82) is 0 Å². The highest BCUT2D eigenvalue weighted by molar-refractivity contribution is 7.89. The Morgan fingerprint density at radius 1 is 1.35 bits per heavy atom. The molecular formula is C14H21N5O3S. The quantitative estimate of drug-likeness (QED) is 0.783. The number of aliphatic hydroxyl groups excluding tert-OH is 1. The van der Waals surface area contributed by atoms with Crippen molar-refractivity contribution < 1.29 is 13.5 Å². The highest BCUT2D eigenvalue weighted by Gasteiger charge is 2.35. The molecule has 2 aromatic rings. The number of aliphatic hydroxyl groups is 1. The molecule has 0 radical (unpaired) electrons. The molecule has 9 heteroatoms. The number of nitrogens with zero attached hydrogens (tertiary/aromatic N) is 5. The summed E-state index contributed by atoms with van der Waals surface area (Å²) in [5.74, 6) is -0.317. The van der Waals surface area contributed by atoms with Crippen LogP contribution in [0.1, 0.15) is 5.69 Å². The lowest BCUT2D eigenvalue weighted by molar-refractivity contribution is 0.148. The van der Waals surface area contributed by atoms with Crippen molar-refractivity contribution >= 4 is 15.7 Å². The van der Waals surface area contributed by atoms with Gasteiger partial charge in [0.25, 0.3) is 0 Å². The highest BCUT2D eigenvalue weighted by atomic mass is 32.2. The summed E-state index contributed by atoms with van der Waals surface area (Å²) in [5.41, 5.74) is 1.73. The summed E-state index contributed by atoms with van der Waals surface area (Å²) in [5, 5.41) is 14.4. The van der Waals surface area contributed by atoms with Crippen molar-refractivity contribution in [2.24, 2.45) is 5.92 Å². The van der Waals surface area contributed by atoms with E-state index in [-0.39, 0.29) is 11.7 Å². The number of pyridine rings is 1. The maximum absolute atomic E-state index is 12.0. The van der Waals surface area contributed by atoms with Gasteiger partial charge in [-0.1, -0.05) is 6.07 Å². The SMILES string of the molecule is CN(C)S(=O)(=O)C[C@@H]1CN(Cc2cccc3ncnn23)C[C@@H]1O. The first kappa shape index (κ1) is 16.3. The molecule has 0 aliphatic carbocycles. The van der Waals surface area contributed by atoms with Crippen molar-refractivity contribution in [1.82, 2.24) is 23.8 Å². The zero-order chi connectivity index (χ0) is 16.6. The van der Waals surface area contributed by atoms with Gasteiger partial charge in [0.15, 0.2) is 5.65 Å². The van der Waals surface area contributed by atoms with E-state index in [1.54, 1.807) is 4.52 Å². The predicted octanol–water partition coefficient (Wildman–Crippen LogP) is -0.587. The van der Waals surface area contributed by atoms with Gasteiger partial charge in [-0.3, -0.25) is 4.90 Å². The molecule has 0 spiro atoms. The molecule has 1 aliphatic heterocycles. The molecule has 1 fully saturated rings. The van der Waals surface area contributed by atoms with Crippen molar-refractivity contribution in [3.63, 3.8) is 0 Å². The fourth-order valence-corrected chi connectivity index (χ4v) is 4.07. The molecule has 0 aromatic carbocycles. The Balaban J connectivity index is 1.71. The lowest BCUT2D eigenvalue weighted by Crippen LogP contribution is -2.33. The smallest absolute Gasteiger partial charge is 0.214 e. The second-order valence-corrected chi connectivity index (χ2v) is 8.36. The van der Waals surface area contributed by atoms with Crippen LogP contribution in [-0.4, -0.2) is 76.4 Å². The van der Waals surface area contributed by atoms with E-state index in [1.807, 2.05) is 18.2 Å². The van der Waals surface area contributed by atoms with Crippen LogP contribution in [0, 0.1) is 5.92 Å². The second-order valence-electron chi connectivity index (χ2n) is 6.13. The number of hydrogen-bond acceptors (Lipinski definition) is 6. The van der Waals surface area contributed by atoms with E-state index in [0.717, 1.165) is 11.3 Å². The number of rotatable bonds is 5. The third-order valence-corrected chi connectivity index (χ3v) is 6.19. The topological polar surface area (TPSA) is 91.0 Å². The van der Waals surface area contributed by atoms with Gasteiger partial charge >= 0.3 is 0 Å². The first-order valence-corrected chi connectivity index (χ1v) is 9.06. The molecule has 1 N–H and O–H groups in total. The summed E-state index contributed by atoms with van der Waals surface area (Å²) in [4.78, 5) is 6.20. The molecular weight excluding hydrogens is 318 g/mol. The minimum absolute atomic E-state index is 0.0365. The molecule has 126 valence electrons. The van der Waals surface area contributed by atoms with Crippen LogP contribution in [0.25, 0.3) is 5.65 Å². The lowest BCUT2D eigenvalue weighted by atomic mass is 10.1. The summed E-state index contributed by atoms with van der Waals surface area (Å²) in [6.07, 6.45) is 0.865. The van der Waals surface area contributed by atoms with Gasteiger partial charge in [-0.05, 0) is 12.1 Å². The molecule has 2 atom stereocenters. The summed E-state index contributed by atoms with van der Waals surface area (Å²) < 4.78 is 27.0. The number of β-amino-alcohol motifs (C(OH)–C–C–N with tert-alkyl or cyclic N) is 1. The fourth-order valence-electron chi connectivity index (χ4n) is 2.90. The van der Waals surface area contributed by atoms with E-state index in [1.165, 1.54) is 24.7 Å². The average molecular weight is 339 g/mol. The van der Waals surface area contributed by atoms with Crippen molar-refractivity contribution in [3.8, 4) is 0 Å². The van der Waals surface area contributed by atoms with Gasteiger partial charge in [-0.15, -0.1) is 0 Å². The fraction of sp³-hybridized carbons (Fsp3) is 0.571. The van der Waals surface area contributed by atoms with E-state index in [4.69, 9.17) is 0 Å². The normalized spacial score (nSPS) is 23.1. The van der Waals surface area contributed by atoms with Crippen LogP contribution in [0.4, 0.5) is 0 Å². The Hall–Kier alpha value is -1.55. The van der Waals surface area contributed by atoms with Gasteiger partial charge in [0.2, 0.25) is 10.0 Å². The van der Waals surface area contributed by atoms with Crippen molar-refractivity contribution in [2.45, 2.75) is 12.6 Å². The first-order valence-electron chi connectivity index (χ1n) is 7.45. The van der Waals surface area contributed by atoms with Crippen molar-refractivity contribution in [2.75, 3.05) is 32.9 Å². The Kier molecular flexibility index (Phi) is 4.37. The van der Waals surface area contributed by atoms with Gasteiger partial charge < -0.3 is 5.11 Å². The van der Waals surface area contributed by atoms with Crippen molar-refractivity contribution in [3.05, 3.63) is 30.2 Å². The molecule has 8 nitrogen and oxygen atoms in total. The van der Waals surface area contributed by atoms with E-state index in [2.05, 4.69) is 15.0 Å². The maximum atomic E-state index is 12.0. The molecule has 1 saturated heterocycles. The molecule has 23 heavy (non-hydrogen) atoms. The third-order valence-electron chi connectivity index (χ3n) is 4.23. The maximum Gasteiger partial charge on any atom is 0.214 e. The Bertz CT molecular complexity index is 789. The van der Waals surface area contributed by atoms with E-state index >= 15 is 0 Å². The molecule has 2 aromatic heterocycles. The summed E-state index contributed by atoms with van der Waals surface area (Å²) in [7, 11) is -0.290. The minimum atomic E-state index is -3.32. The van der Waals surface area contributed by atoms with Gasteiger partial charge in [0, 0.05) is 39.6 Å². The zero-order valence-corrected chi connectivity index (χ0v) is 14.0. The molecule has 1 aliphatic rings. The van der Waals surface area contributed by atoms with Gasteiger partial charge in [0.1, 0.15) is 6.33 Å². The largest absolute Gasteiger partial charge is 0.391 e. The highest BCUT2D eigenvalue weighted by Crippen LogP contribution is 2.21. The monoisotopic (exact) mass is 339 g/mol. The van der Waals surface area contributed by atoms with Crippen LogP contribution in [0.5, 0.6) is 0 Å². The van der Waals surface area contributed by atoms with Crippen LogP contribution in [-0.2, 0) is 16.6 Å². The third kappa shape index (κ3) is 3.37. The second kappa shape index (κ2) is 6.16. The minimum Gasteiger partial charge on any atom is -0.391 e. The van der Waals surface area contributed by atoms with Gasteiger partial charge in [0.05, 0.1) is 17.6 Å². The van der Waals surface area contributed by atoms with E-state index in [9.17, 15) is 13.5 Å². The van der Waals surface area contributed by atoms with Gasteiger partial charge in [-0.25, -0.2) is 22.2 Å². The van der Waals surface area contributed by atoms with Crippen LogP contribution in [0.2, 0.25) is 0 Å². The van der Waals surface area contributed by atoms with Crippen LogP contribution in [0.3, 0.4) is 0 Å². The number of hydrogen-bond donors (Lipinski definition) is 1. The average Bonchev–Trinajstić information content (AvgIpc) is 3.06. The summed E-state index contributed by atoms with van der Waals surface area (Å²) >= 11 is 0. The Morgan fingerprint density at radius 3 is 2.87 bits per heavy atom. The van der Waals surface area contributed by atoms with Gasteiger partial charge in [-0.2, -0.15) is 5.10 Å². The van der Waals surface area contributed by atoms with Crippen LogP contribution < -0.4 is 0 Å². The molecule has 0 saturated carbocycles. The molecule has 0 bridgehead atoms. The first-order chi connectivity index (χ1) is 10.9. The number of sulfonamides is 1. The van der Waals surface area contributed by atoms with E-state index in [0.29, 0.717) is 19.6 Å². The summed E-state index contributed by atoms with van der Waals surface area (Å²) in [6.45, 7) is 1.59. The Morgan fingerprint density at radius 2 is 2.13 bits per heavy atom. The molecule has 0 amide bonds. The van der Waals surface area contributed by atoms with Crippen LogP contribution >= 0.6 is 0 Å². The van der Waals surface area contributed by atoms with Crippen LogP contribution in [0.15, 0.2) is 24.5 Å². The number of aromatic nitrogens is 3. The molecule has 3 rings (SSSR count).